The fourth-order valence-electron chi connectivity index (χ4n) is 2.26. The second-order valence-corrected chi connectivity index (χ2v) is 4.19. The lowest BCUT2D eigenvalue weighted by Crippen LogP contribution is -2.56. The molecule has 0 aliphatic carbocycles. The average molecular weight is 214 g/mol. The lowest BCUT2D eigenvalue weighted by atomic mass is 10.1. The molecule has 2 aliphatic heterocycles. The highest BCUT2D eigenvalue weighted by atomic mass is 16.5. The van der Waals surface area contributed by atoms with Crippen molar-refractivity contribution in [1.29, 1.82) is 0 Å². The number of nitrogens with one attached hydrogen (secondary N) is 1. The summed E-state index contributed by atoms with van der Waals surface area (Å²) >= 11 is 0. The molecule has 0 bridgehead atoms. The Bertz CT molecular complexity index is 229. The molecule has 5 nitrogen and oxygen atoms in total. The third-order valence-electron chi connectivity index (χ3n) is 3.10. The average Bonchev–Trinajstić information content (AvgIpc) is 2.71. The molecule has 2 aliphatic rings. The summed E-state index contributed by atoms with van der Waals surface area (Å²) in [5.41, 5.74) is 0. The Morgan fingerprint density at radius 2 is 2.47 bits per heavy atom. The fraction of sp³-hybridized carbons (Fsp3) is 0.900. The first kappa shape index (κ1) is 10.9. The van der Waals surface area contributed by atoms with Gasteiger partial charge in [0.15, 0.2) is 0 Å². The Balaban J connectivity index is 1.89. The quantitative estimate of drug-likeness (QED) is 0.664. The van der Waals surface area contributed by atoms with Crippen molar-refractivity contribution in [3.63, 3.8) is 0 Å². The predicted molar refractivity (Wildman–Crippen MR) is 54.8 cm³/mol. The summed E-state index contributed by atoms with van der Waals surface area (Å²) in [7, 11) is 0. The van der Waals surface area contributed by atoms with Gasteiger partial charge in [-0.05, 0) is 12.8 Å². The highest BCUT2D eigenvalue weighted by Gasteiger charge is 2.30. The summed E-state index contributed by atoms with van der Waals surface area (Å²) in [6, 6.07) is -0.386. The lowest BCUT2D eigenvalue weighted by molar-refractivity contribution is -0.144. The van der Waals surface area contributed by atoms with E-state index in [1.54, 1.807) is 0 Å². The van der Waals surface area contributed by atoms with Crippen molar-refractivity contribution in [2.45, 2.75) is 25.0 Å². The molecule has 0 spiro atoms. The molecule has 5 heteroatoms. The van der Waals surface area contributed by atoms with Crippen molar-refractivity contribution in [3.05, 3.63) is 0 Å². The van der Waals surface area contributed by atoms with Crippen LogP contribution in [0.1, 0.15) is 12.8 Å². The molecule has 0 saturated carbocycles. The molecule has 2 saturated heterocycles. The molecule has 2 heterocycles. The highest BCUT2D eigenvalue weighted by molar-refractivity contribution is 5.73. The molecule has 2 N–H and O–H groups in total. The molecule has 15 heavy (non-hydrogen) atoms. The molecule has 86 valence electrons. The molecule has 2 fully saturated rings. The number of piperazine rings is 1. The van der Waals surface area contributed by atoms with E-state index in [2.05, 4.69) is 5.32 Å². The van der Waals surface area contributed by atoms with Gasteiger partial charge in [-0.3, -0.25) is 9.69 Å². The first-order valence-electron chi connectivity index (χ1n) is 5.56. The number of carbonyl (C=O) groups is 1. The van der Waals surface area contributed by atoms with Crippen molar-refractivity contribution < 1.29 is 14.6 Å². The molecule has 0 aromatic carbocycles. The summed E-state index contributed by atoms with van der Waals surface area (Å²) in [4.78, 5) is 13.0. The van der Waals surface area contributed by atoms with E-state index in [0.29, 0.717) is 6.54 Å². The zero-order valence-electron chi connectivity index (χ0n) is 8.82. The first-order valence-corrected chi connectivity index (χ1v) is 5.56. The van der Waals surface area contributed by atoms with Crippen LogP contribution in [0.15, 0.2) is 0 Å². The van der Waals surface area contributed by atoms with Crippen LogP contribution < -0.4 is 5.32 Å². The summed E-state index contributed by atoms with van der Waals surface area (Å²) in [6.45, 7) is 3.81. The van der Waals surface area contributed by atoms with Crippen LogP contribution in [0.2, 0.25) is 0 Å². The van der Waals surface area contributed by atoms with E-state index in [9.17, 15) is 4.79 Å². The van der Waals surface area contributed by atoms with Gasteiger partial charge in [-0.1, -0.05) is 0 Å². The minimum atomic E-state index is -0.736. The van der Waals surface area contributed by atoms with Crippen molar-refractivity contribution in [3.8, 4) is 0 Å². The third kappa shape index (κ3) is 2.68. The van der Waals surface area contributed by atoms with E-state index in [-0.39, 0.29) is 12.1 Å². The monoisotopic (exact) mass is 214 g/mol. The Hall–Kier alpha value is -0.650. The number of carboxylic acids is 1. The molecule has 0 amide bonds. The predicted octanol–water partition coefficient (Wildman–Crippen LogP) is -0.476. The molecule has 0 aromatic heterocycles. The van der Waals surface area contributed by atoms with Gasteiger partial charge in [0.2, 0.25) is 0 Å². The van der Waals surface area contributed by atoms with E-state index in [1.165, 1.54) is 0 Å². The SMILES string of the molecule is O=C(O)C1CNCCN1CC1CCCO1. The number of hydrogen-bond acceptors (Lipinski definition) is 4. The maximum absolute atomic E-state index is 11.0. The Kier molecular flexibility index (Phi) is 3.56. The van der Waals surface area contributed by atoms with Crippen LogP contribution in [0.5, 0.6) is 0 Å². The first-order chi connectivity index (χ1) is 7.27. The fourth-order valence-corrected chi connectivity index (χ4v) is 2.26. The smallest absolute Gasteiger partial charge is 0.322 e. The maximum Gasteiger partial charge on any atom is 0.322 e. The van der Waals surface area contributed by atoms with Crippen LogP contribution >= 0.6 is 0 Å². The molecule has 2 unspecified atom stereocenters. The van der Waals surface area contributed by atoms with Gasteiger partial charge in [0.1, 0.15) is 6.04 Å². The van der Waals surface area contributed by atoms with Gasteiger partial charge < -0.3 is 15.2 Å². The number of nitrogens with zero attached hydrogens (tertiary/aromatic N) is 1. The van der Waals surface area contributed by atoms with Gasteiger partial charge in [0, 0.05) is 32.8 Å². The van der Waals surface area contributed by atoms with Crippen molar-refractivity contribution >= 4 is 5.97 Å². The summed E-state index contributed by atoms with van der Waals surface area (Å²) in [6.07, 6.45) is 2.41. The van der Waals surface area contributed by atoms with E-state index in [4.69, 9.17) is 9.84 Å². The third-order valence-corrected chi connectivity index (χ3v) is 3.10. The zero-order chi connectivity index (χ0) is 10.7. The van der Waals surface area contributed by atoms with Crippen LogP contribution in [-0.2, 0) is 9.53 Å². The molecule has 0 aromatic rings. The second kappa shape index (κ2) is 4.92. The molecular formula is C10H18N2O3. The van der Waals surface area contributed by atoms with Crippen molar-refractivity contribution in [2.75, 3.05) is 32.8 Å². The Labute approximate surface area is 89.4 Å². The highest BCUT2D eigenvalue weighted by Crippen LogP contribution is 2.15. The van der Waals surface area contributed by atoms with Crippen LogP contribution in [0.25, 0.3) is 0 Å². The normalized spacial score (nSPS) is 33.1. The van der Waals surface area contributed by atoms with Crippen LogP contribution in [0, 0.1) is 0 Å². The summed E-state index contributed by atoms with van der Waals surface area (Å²) in [5, 5.41) is 12.2. The largest absolute Gasteiger partial charge is 0.480 e. The van der Waals surface area contributed by atoms with Crippen molar-refractivity contribution in [2.24, 2.45) is 0 Å². The molecule has 2 rings (SSSR count). The second-order valence-electron chi connectivity index (χ2n) is 4.19. The molecular weight excluding hydrogens is 196 g/mol. The standard InChI is InChI=1S/C10H18N2O3/c13-10(14)9-6-11-3-4-12(9)7-8-2-1-5-15-8/h8-9,11H,1-7H2,(H,13,14). The van der Waals surface area contributed by atoms with E-state index < -0.39 is 5.97 Å². The number of carboxylic acid groups (broad SMARTS) is 1. The van der Waals surface area contributed by atoms with Gasteiger partial charge in [0.25, 0.3) is 0 Å². The van der Waals surface area contributed by atoms with Crippen LogP contribution in [-0.4, -0.2) is 60.9 Å². The van der Waals surface area contributed by atoms with E-state index >= 15 is 0 Å². The van der Waals surface area contributed by atoms with Crippen LogP contribution in [0.4, 0.5) is 0 Å². The lowest BCUT2D eigenvalue weighted by Gasteiger charge is -2.34. The minimum Gasteiger partial charge on any atom is -0.480 e. The maximum atomic E-state index is 11.0. The number of ether oxygens (including phenoxy) is 1. The molecule has 2 atom stereocenters. The van der Waals surface area contributed by atoms with Gasteiger partial charge >= 0.3 is 5.97 Å². The van der Waals surface area contributed by atoms with Gasteiger partial charge in [-0.25, -0.2) is 0 Å². The number of rotatable bonds is 3. The zero-order valence-corrected chi connectivity index (χ0v) is 8.82. The molecule has 0 radical (unpaired) electrons. The van der Waals surface area contributed by atoms with Crippen LogP contribution in [0.3, 0.4) is 0 Å². The Morgan fingerprint density at radius 1 is 1.60 bits per heavy atom. The topological polar surface area (TPSA) is 61.8 Å². The van der Waals surface area contributed by atoms with Gasteiger partial charge in [0.05, 0.1) is 6.10 Å². The van der Waals surface area contributed by atoms with Gasteiger partial charge in [-0.2, -0.15) is 0 Å². The van der Waals surface area contributed by atoms with Crippen molar-refractivity contribution in [1.82, 2.24) is 10.2 Å². The van der Waals surface area contributed by atoms with E-state index in [1.807, 2.05) is 4.90 Å². The number of hydrogen-bond donors (Lipinski definition) is 2. The summed E-state index contributed by atoms with van der Waals surface area (Å²) in [5.74, 6) is -0.736. The Morgan fingerprint density at radius 3 is 3.13 bits per heavy atom. The number of aliphatic carboxylic acids is 1. The minimum absolute atomic E-state index is 0.241. The van der Waals surface area contributed by atoms with E-state index in [0.717, 1.165) is 39.1 Å². The summed E-state index contributed by atoms with van der Waals surface area (Å²) < 4.78 is 5.53. The van der Waals surface area contributed by atoms with Gasteiger partial charge in [-0.15, -0.1) is 0 Å².